The highest BCUT2D eigenvalue weighted by molar-refractivity contribution is 5.78. The van der Waals surface area contributed by atoms with E-state index in [0.717, 1.165) is 16.9 Å². The zero-order chi connectivity index (χ0) is 14.5. The molecule has 0 unspecified atom stereocenters. The molecule has 20 heavy (non-hydrogen) atoms. The van der Waals surface area contributed by atoms with E-state index in [1.165, 1.54) is 0 Å². The van der Waals surface area contributed by atoms with Gasteiger partial charge in [-0.1, -0.05) is 12.1 Å². The van der Waals surface area contributed by atoms with Gasteiger partial charge in [0.15, 0.2) is 0 Å². The summed E-state index contributed by atoms with van der Waals surface area (Å²) < 4.78 is 6.83. The fourth-order valence-corrected chi connectivity index (χ4v) is 1.97. The minimum atomic E-state index is 0.0824. The molecule has 0 spiro atoms. The number of carbonyl (C=O) groups is 1. The Kier molecular flexibility index (Phi) is 4.40. The van der Waals surface area contributed by atoms with Gasteiger partial charge in [0.25, 0.3) is 0 Å². The largest absolute Gasteiger partial charge is 0.497 e. The summed E-state index contributed by atoms with van der Waals surface area (Å²) in [6, 6.07) is 7.55. The van der Waals surface area contributed by atoms with E-state index in [0.29, 0.717) is 13.0 Å². The summed E-state index contributed by atoms with van der Waals surface area (Å²) >= 11 is 0. The molecule has 1 aromatic heterocycles. The van der Waals surface area contributed by atoms with E-state index >= 15 is 0 Å². The molecule has 106 valence electrons. The molecule has 5 nitrogen and oxygen atoms in total. The normalized spacial score (nSPS) is 10.3. The summed E-state index contributed by atoms with van der Waals surface area (Å²) in [5.74, 6) is 0.879. The quantitative estimate of drug-likeness (QED) is 0.832. The molecule has 2 rings (SSSR count). The number of benzene rings is 1. The Hall–Kier alpha value is -2.30. The molecule has 0 aliphatic heterocycles. The lowest BCUT2D eigenvalue weighted by molar-refractivity contribution is -0.129. The predicted octanol–water partition coefficient (Wildman–Crippen LogP) is 1.63. The van der Waals surface area contributed by atoms with E-state index < -0.39 is 0 Å². The van der Waals surface area contributed by atoms with Gasteiger partial charge in [0, 0.05) is 32.4 Å². The number of ether oxygens (including phenoxy) is 1. The smallest absolute Gasteiger partial charge is 0.227 e. The molecule has 0 aliphatic rings. The molecule has 0 atom stereocenters. The van der Waals surface area contributed by atoms with Gasteiger partial charge in [-0.2, -0.15) is 5.10 Å². The van der Waals surface area contributed by atoms with Gasteiger partial charge in [-0.05, 0) is 17.7 Å². The monoisotopic (exact) mass is 273 g/mol. The van der Waals surface area contributed by atoms with Crippen molar-refractivity contribution in [3.05, 3.63) is 47.8 Å². The molecule has 0 bridgehead atoms. The molecule has 0 saturated heterocycles. The molecule has 1 amide bonds. The average Bonchev–Trinajstić information content (AvgIpc) is 2.85. The Morgan fingerprint density at radius 1 is 1.30 bits per heavy atom. The molecule has 0 fully saturated rings. The van der Waals surface area contributed by atoms with Crippen molar-refractivity contribution in [1.82, 2.24) is 14.7 Å². The summed E-state index contributed by atoms with van der Waals surface area (Å²) in [7, 11) is 5.30. The molecule has 0 aliphatic carbocycles. The van der Waals surface area contributed by atoms with Gasteiger partial charge in [-0.25, -0.2) is 0 Å². The first-order chi connectivity index (χ1) is 9.58. The maximum Gasteiger partial charge on any atom is 0.227 e. The van der Waals surface area contributed by atoms with Crippen LogP contribution in [-0.2, 0) is 24.8 Å². The average molecular weight is 273 g/mol. The number of aryl methyl sites for hydroxylation is 1. The van der Waals surface area contributed by atoms with Crippen molar-refractivity contribution in [3.63, 3.8) is 0 Å². The standard InChI is InChI=1S/C15H19N3O2/c1-17(10-13-9-16-18(2)11-13)15(19)8-12-4-6-14(20-3)7-5-12/h4-7,9,11H,8,10H2,1-3H3. The van der Waals surface area contributed by atoms with Crippen molar-refractivity contribution in [2.45, 2.75) is 13.0 Å². The van der Waals surface area contributed by atoms with Gasteiger partial charge >= 0.3 is 0 Å². The minimum Gasteiger partial charge on any atom is -0.497 e. The predicted molar refractivity (Wildman–Crippen MR) is 76.4 cm³/mol. The highest BCUT2D eigenvalue weighted by atomic mass is 16.5. The molecule has 1 heterocycles. The molecule has 0 N–H and O–H groups in total. The van der Waals surface area contributed by atoms with Crippen LogP contribution in [0.3, 0.4) is 0 Å². The van der Waals surface area contributed by atoms with E-state index in [4.69, 9.17) is 4.74 Å². The Morgan fingerprint density at radius 2 is 2.00 bits per heavy atom. The Morgan fingerprint density at radius 3 is 2.55 bits per heavy atom. The van der Waals surface area contributed by atoms with E-state index in [2.05, 4.69) is 5.10 Å². The second kappa shape index (κ2) is 6.23. The van der Waals surface area contributed by atoms with Gasteiger partial charge in [0.1, 0.15) is 5.75 Å². The van der Waals surface area contributed by atoms with Crippen LogP contribution in [0.5, 0.6) is 5.75 Å². The van der Waals surface area contributed by atoms with Crippen LogP contribution in [0, 0.1) is 0 Å². The number of carbonyl (C=O) groups excluding carboxylic acids is 1. The highest BCUT2D eigenvalue weighted by Gasteiger charge is 2.11. The minimum absolute atomic E-state index is 0.0824. The van der Waals surface area contributed by atoms with Gasteiger partial charge in [-0.3, -0.25) is 9.48 Å². The topological polar surface area (TPSA) is 47.4 Å². The van der Waals surface area contributed by atoms with E-state index in [1.807, 2.05) is 37.5 Å². The van der Waals surface area contributed by atoms with Crippen LogP contribution in [0.4, 0.5) is 0 Å². The third-order valence-corrected chi connectivity index (χ3v) is 3.12. The third kappa shape index (κ3) is 3.60. The molecule has 0 saturated carbocycles. The fourth-order valence-electron chi connectivity index (χ4n) is 1.97. The summed E-state index contributed by atoms with van der Waals surface area (Å²) in [5.41, 5.74) is 2.01. The summed E-state index contributed by atoms with van der Waals surface area (Å²) in [4.78, 5) is 13.9. The molecule has 1 aromatic carbocycles. The van der Waals surface area contributed by atoms with Crippen LogP contribution < -0.4 is 4.74 Å². The highest BCUT2D eigenvalue weighted by Crippen LogP contribution is 2.12. The first kappa shape index (κ1) is 14.1. The zero-order valence-electron chi connectivity index (χ0n) is 12.0. The first-order valence-corrected chi connectivity index (χ1v) is 6.43. The number of aromatic nitrogens is 2. The number of amides is 1. The van der Waals surface area contributed by atoms with E-state index in [1.54, 1.807) is 29.9 Å². The maximum atomic E-state index is 12.1. The van der Waals surface area contributed by atoms with Crippen LogP contribution >= 0.6 is 0 Å². The lowest BCUT2D eigenvalue weighted by Gasteiger charge is -2.16. The molecule has 2 aromatic rings. The van der Waals surface area contributed by atoms with Crippen LogP contribution in [0.2, 0.25) is 0 Å². The van der Waals surface area contributed by atoms with Gasteiger partial charge in [-0.15, -0.1) is 0 Å². The Bertz CT molecular complexity index is 575. The van der Waals surface area contributed by atoms with Crippen molar-refractivity contribution in [2.75, 3.05) is 14.2 Å². The number of nitrogens with zero attached hydrogens (tertiary/aromatic N) is 3. The van der Waals surface area contributed by atoms with E-state index in [-0.39, 0.29) is 5.91 Å². The lowest BCUT2D eigenvalue weighted by Crippen LogP contribution is -2.27. The number of rotatable bonds is 5. The Balaban J connectivity index is 1.93. The summed E-state index contributed by atoms with van der Waals surface area (Å²) in [6.45, 7) is 0.572. The number of hydrogen-bond acceptors (Lipinski definition) is 3. The van der Waals surface area contributed by atoms with Crippen LogP contribution in [-0.4, -0.2) is 34.7 Å². The SMILES string of the molecule is COc1ccc(CC(=O)N(C)Cc2cnn(C)c2)cc1. The van der Waals surface area contributed by atoms with Crippen molar-refractivity contribution < 1.29 is 9.53 Å². The van der Waals surface area contributed by atoms with Gasteiger partial charge in [0.2, 0.25) is 5.91 Å². The van der Waals surface area contributed by atoms with Crippen LogP contribution in [0.25, 0.3) is 0 Å². The van der Waals surface area contributed by atoms with Crippen molar-refractivity contribution >= 4 is 5.91 Å². The fraction of sp³-hybridized carbons (Fsp3) is 0.333. The van der Waals surface area contributed by atoms with Crippen molar-refractivity contribution in [1.29, 1.82) is 0 Å². The number of hydrogen-bond donors (Lipinski definition) is 0. The summed E-state index contributed by atoms with van der Waals surface area (Å²) in [6.07, 6.45) is 4.08. The van der Waals surface area contributed by atoms with Crippen LogP contribution in [0.15, 0.2) is 36.7 Å². The number of methoxy groups -OCH3 is 1. The molecule has 5 heteroatoms. The second-order valence-electron chi connectivity index (χ2n) is 4.80. The van der Waals surface area contributed by atoms with Crippen molar-refractivity contribution in [2.24, 2.45) is 7.05 Å². The van der Waals surface area contributed by atoms with Gasteiger partial charge in [0.05, 0.1) is 19.7 Å². The zero-order valence-corrected chi connectivity index (χ0v) is 12.0. The number of likely N-dealkylation sites (N-methyl/N-ethyl adjacent to an activating group) is 1. The lowest BCUT2D eigenvalue weighted by atomic mass is 10.1. The third-order valence-electron chi connectivity index (χ3n) is 3.12. The maximum absolute atomic E-state index is 12.1. The molecular weight excluding hydrogens is 254 g/mol. The first-order valence-electron chi connectivity index (χ1n) is 6.43. The second-order valence-corrected chi connectivity index (χ2v) is 4.80. The molecular formula is C15H19N3O2. The van der Waals surface area contributed by atoms with Gasteiger partial charge < -0.3 is 9.64 Å². The Labute approximate surface area is 118 Å². The summed E-state index contributed by atoms with van der Waals surface area (Å²) in [5, 5.41) is 4.10. The van der Waals surface area contributed by atoms with Crippen molar-refractivity contribution in [3.8, 4) is 5.75 Å². The van der Waals surface area contributed by atoms with Crippen LogP contribution in [0.1, 0.15) is 11.1 Å². The molecule has 0 radical (unpaired) electrons. The van der Waals surface area contributed by atoms with E-state index in [9.17, 15) is 4.79 Å².